The second-order valence-corrected chi connectivity index (χ2v) is 4.73. The summed E-state index contributed by atoms with van der Waals surface area (Å²) in [6.45, 7) is 0.623. The second-order valence-electron chi connectivity index (χ2n) is 3.75. The first kappa shape index (κ1) is 11.1. The van der Waals surface area contributed by atoms with E-state index in [0.717, 1.165) is 11.4 Å². The van der Waals surface area contributed by atoms with Crippen LogP contribution >= 0.6 is 11.3 Å². The van der Waals surface area contributed by atoms with Crippen LogP contribution in [0.25, 0.3) is 0 Å². The molecular formula is C10H13N3O2S. The Balaban J connectivity index is 2.01. The van der Waals surface area contributed by atoms with Gasteiger partial charge in [0.05, 0.1) is 6.42 Å². The summed E-state index contributed by atoms with van der Waals surface area (Å²) in [5, 5.41) is 2.61. The van der Waals surface area contributed by atoms with E-state index in [9.17, 15) is 9.59 Å². The van der Waals surface area contributed by atoms with Gasteiger partial charge in [-0.1, -0.05) is 0 Å². The molecule has 6 heteroatoms. The highest BCUT2D eigenvalue weighted by Gasteiger charge is 2.32. The third-order valence-electron chi connectivity index (χ3n) is 2.69. The fourth-order valence-corrected chi connectivity index (χ4v) is 2.54. The highest BCUT2D eigenvalue weighted by molar-refractivity contribution is 7.09. The van der Waals surface area contributed by atoms with E-state index < -0.39 is 11.9 Å². The average molecular weight is 239 g/mol. The van der Waals surface area contributed by atoms with Gasteiger partial charge in [-0.3, -0.25) is 9.59 Å². The normalized spacial score (nSPS) is 20.0. The third kappa shape index (κ3) is 2.21. The Kier molecular flexibility index (Phi) is 3.19. The van der Waals surface area contributed by atoms with Gasteiger partial charge < -0.3 is 10.6 Å². The van der Waals surface area contributed by atoms with E-state index in [0.29, 0.717) is 13.0 Å². The number of thiazole rings is 1. The summed E-state index contributed by atoms with van der Waals surface area (Å²) in [4.78, 5) is 28.7. The minimum Gasteiger partial charge on any atom is -0.368 e. The fourth-order valence-electron chi connectivity index (χ4n) is 1.93. The molecule has 86 valence electrons. The lowest BCUT2D eigenvalue weighted by Crippen LogP contribution is -2.44. The number of nitrogens with zero attached hydrogens (tertiary/aromatic N) is 2. The summed E-state index contributed by atoms with van der Waals surface area (Å²) in [7, 11) is 0. The molecule has 0 bridgehead atoms. The predicted octanol–water partition coefficient (Wildman–Crippen LogP) is 0.162. The van der Waals surface area contributed by atoms with Crippen LogP contribution in [0.2, 0.25) is 0 Å². The Hall–Kier alpha value is -1.43. The first-order valence-electron chi connectivity index (χ1n) is 5.15. The molecule has 1 aliphatic heterocycles. The number of primary amides is 1. The van der Waals surface area contributed by atoms with Crippen LogP contribution in [0.1, 0.15) is 17.8 Å². The summed E-state index contributed by atoms with van der Waals surface area (Å²) in [6.07, 6.45) is 3.46. The van der Waals surface area contributed by atoms with E-state index >= 15 is 0 Å². The predicted molar refractivity (Wildman–Crippen MR) is 59.7 cm³/mol. The number of carbonyl (C=O) groups excluding carboxylic acids is 2. The van der Waals surface area contributed by atoms with E-state index in [1.807, 2.05) is 5.38 Å². The summed E-state index contributed by atoms with van der Waals surface area (Å²) in [6, 6.07) is -0.424. The monoisotopic (exact) mass is 239 g/mol. The number of hydrogen-bond acceptors (Lipinski definition) is 4. The van der Waals surface area contributed by atoms with Crippen LogP contribution < -0.4 is 5.73 Å². The van der Waals surface area contributed by atoms with Gasteiger partial charge in [-0.15, -0.1) is 11.3 Å². The minimum absolute atomic E-state index is 0.0590. The number of amides is 2. The van der Waals surface area contributed by atoms with E-state index in [1.165, 1.54) is 11.3 Å². The fraction of sp³-hybridized carbons (Fsp3) is 0.500. The third-order valence-corrected chi connectivity index (χ3v) is 3.47. The molecule has 1 fully saturated rings. The summed E-state index contributed by atoms with van der Waals surface area (Å²) >= 11 is 1.44. The number of rotatable bonds is 3. The van der Waals surface area contributed by atoms with Crippen molar-refractivity contribution < 1.29 is 9.59 Å². The van der Waals surface area contributed by atoms with Crippen LogP contribution in [-0.2, 0) is 16.0 Å². The van der Waals surface area contributed by atoms with Crippen LogP contribution in [0.15, 0.2) is 11.6 Å². The van der Waals surface area contributed by atoms with Crippen molar-refractivity contribution in [3.63, 3.8) is 0 Å². The molecule has 1 aromatic rings. The van der Waals surface area contributed by atoms with Crippen molar-refractivity contribution in [2.45, 2.75) is 25.3 Å². The van der Waals surface area contributed by atoms with Gasteiger partial charge in [0.2, 0.25) is 11.8 Å². The van der Waals surface area contributed by atoms with Crippen LogP contribution in [0.4, 0.5) is 0 Å². The van der Waals surface area contributed by atoms with Crippen LogP contribution in [0, 0.1) is 0 Å². The van der Waals surface area contributed by atoms with Crippen molar-refractivity contribution in [1.82, 2.24) is 9.88 Å². The Morgan fingerprint density at radius 2 is 2.44 bits per heavy atom. The molecular weight excluding hydrogens is 226 g/mol. The van der Waals surface area contributed by atoms with Crippen molar-refractivity contribution in [3.05, 3.63) is 16.6 Å². The van der Waals surface area contributed by atoms with Crippen molar-refractivity contribution >= 4 is 23.2 Å². The topological polar surface area (TPSA) is 76.3 Å². The zero-order valence-corrected chi connectivity index (χ0v) is 9.57. The van der Waals surface area contributed by atoms with E-state index in [-0.39, 0.29) is 12.3 Å². The van der Waals surface area contributed by atoms with Gasteiger partial charge in [-0.05, 0) is 12.8 Å². The molecule has 0 unspecified atom stereocenters. The summed E-state index contributed by atoms with van der Waals surface area (Å²) in [5.41, 5.74) is 5.25. The molecule has 5 nitrogen and oxygen atoms in total. The van der Waals surface area contributed by atoms with Crippen LogP contribution in [0.5, 0.6) is 0 Å². The number of nitrogens with two attached hydrogens (primary N) is 1. The van der Waals surface area contributed by atoms with Crippen molar-refractivity contribution in [2.24, 2.45) is 5.73 Å². The zero-order valence-electron chi connectivity index (χ0n) is 8.76. The van der Waals surface area contributed by atoms with Gasteiger partial charge >= 0.3 is 0 Å². The molecule has 2 heterocycles. The first-order valence-corrected chi connectivity index (χ1v) is 6.03. The maximum absolute atomic E-state index is 11.9. The molecule has 0 radical (unpaired) electrons. The highest BCUT2D eigenvalue weighted by atomic mass is 32.1. The van der Waals surface area contributed by atoms with Crippen LogP contribution in [-0.4, -0.2) is 34.3 Å². The number of aromatic nitrogens is 1. The van der Waals surface area contributed by atoms with Crippen LogP contribution in [0.3, 0.4) is 0 Å². The molecule has 0 spiro atoms. The molecule has 2 rings (SSSR count). The van der Waals surface area contributed by atoms with E-state index in [2.05, 4.69) is 4.98 Å². The number of likely N-dealkylation sites (tertiary alicyclic amines) is 1. The summed E-state index contributed by atoms with van der Waals surface area (Å²) < 4.78 is 0. The lowest BCUT2D eigenvalue weighted by molar-refractivity contribution is -0.136. The minimum atomic E-state index is -0.424. The Labute approximate surface area is 97.3 Å². The van der Waals surface area contributed by atoms with Gasteiger partial charge in [0.15, 0.2) is 0 Å². The highest BCUT2D eigenvalue weighted by Crippen LogP contribution is 2.18. The van der Waals surface area contributed by atoms with Crippen molar-refractivity contribution in [2.75, 3.05) is 6.54 Å². The lowest BCUT2D eigenvalue weighted by Gasteiger charge is -2.21. The molecule has 1 atom stereocenters. The quantitative estimate of drug-likeness (QED) is 0.816. The van der Waals surface area contributed by atoms with Crippen molar-refractivity contribution in [3.8, 4) is 0 Å². The molecule has 0 aliphatic carbocycles. The Morgan fingerprint density at radius 1 is 1.62 bits per heavy atom. The molecule has 1 aromatic heterocycles. The molecule has 16 heavy (non-hydrogen) atoms. The first-order chi connectivity index (χ1) is 7.68. The average Bonchev–Trinajstić information content (AvgIpc) is 2.86. The Bertz CT molecular complexity index is 391. The molecule has 2 amide bonds. The Morgan fingerprint density at radius 3 is 3.06 bits per heavy atom. The maximum atomic E-state index is 11.9. The largest absolute Gasteiger partial charge is 0.368 e. The van der Waals surface area contributed by atoms with Gasteiger partial charge in [0, 0.05) is 18.1 Å². The van der Waals surface area contributed by atoms with E-state index in [1.54, 1.807) is 11.1 Å². The van der Waals surface area contributed by atoms with Gasteiger partial charge in [-0.2, -0.15) is 0 Å². The van der Waals surface area contributed by atoms with Gasteiger partial charge in [-0.25, -0.2) is 4.98 Å². The van der Waals surface area contributed by atoms with E-state index in [4.69, 9.17) is 5.73 Å². The molecule has 2 N–H and O–H groups in total. The molecule has 0 saturated carbocycles. The smallest absolute Gasteiger partial charge is 0.240 e. The summed E-state index contributed by atoms with van der Waals surface area (Å²) in [5.74, 6) is -0.471. The second kappa shape index (κ2) is 4.61. The molecule has 1 saturated heterocycles. The molecule has 1 aliphatic rings. The molecule has 0 aromatic carbocycles. The van der Waals surface area contributed by atoms with Crippen molar-refractivity contribution in [1.29, 1.82) is 0 Å². The van der Waals surface area contributed by atoms with Gasteiger partial charge in [0.25, 0.3) is 0 Å². The SMILES string of the molecule is NC(=O)[C@@H]1CCCN1C(=O)Cc1nccs1. The lowest BCUT2D eigenvalue weighted by atomic mass is 10.2. The zero-order chi connectivity index (χ0) is 11.5. The number of hydrogen-bond donors (Lipinski definition) is 1. The number of carbonyl (C=O) groups is 2. The maximum Gasteiger partial charge on any atom is 0.240 e. The standard InChI is InChI=1S/C10H13N3O2S/c11-10(15)7-2-1-4-13(7)9(14)6-8-12-3-5-16-8/h3,5,7H,1-2,4,6H2,(H2,11,15)/t7-/m0/s1. The van der Waals surface area contributed by atoms with Gasteiger partial charge in [0.1, 0.15) is 11.0 Å².